The summed E-state index contributed by atoms with van der Waals surface area (Å²) in [5.41, 5.74) is 14.2. The van der Waals surface area contributed by atoms with Crippen LogP contribution in [-0.2, 0) is 0 Å². The Labute approximate surface area is 314 Å². The summed E-state index contributed by atoms with van der Waals surface area (Å²) in [4.78, 5) is 25.0. The van der Waals surface area contributed by atoms with E-state index in [2.05, 4.69) is 97.1 Å². The fraction of sp³-hybridized carbons (Fsp3) is 0. The Kier molecular flexibility index (Phi) is 8.86. The molecule has 0 N–H and O–H groups in total. The Morgan fingerprint density at radius 1 is 0.222 bits per heavy atom. The highest BCUT2D eigenvalue weighted by atomic mass is 14.9. The van der Waals surface area contributed by atoms with Crippen molar-refractivity contribution < 1.29 is 0 Å². The fourth-order valence-electron chi connectivity index (χ4n) is 6.56. The lowest BCUT2D eigenvalue weighted by Gasteiger charge is -2.11. The summed E-state index contributed by atoms with van der Waals surface area (Å²) in [5, 5.41) is 0. The van der Waals surface area contributed by atoms with Gasteiger partial charge in [-0.15, -0.1) is 0 Å². The van der Waals surface area contributed by atoms with Gasteiger partial charge in [0.15, 0.2) is 5.82 Å². The quantitative estimate of drug-likeness (QED) is 0.159. The molecule has 54 heavy (non-hydrogen) atoms. The van der Waals surface area contributed by atoms with Crippen molar-refractivity contribution in [2.24, 2.45) is 0 Å². The smallest absolute Gasteiger partial charge is 0.160 e. The number of rotatable bonds is 8. The maximum Gasteiger partial charge on any atom is 0.160 e. The van der Waals surface area contributed by atoms with Crippen LogP contribution >= 0.6 is 0 Å². The van der Waals surface area contributed by atoms with Gasteiger partial charge < -0.3 is 0 Å². The maximum absolute atomic E-state index is 5.10. The minimum absolute atomic E-state index is 0.698. The highest BCUT2D eigenvalue weighted by molar-refractivity contribution is 5.77. The molecule has 0 saturated carbocycles. The largest absolute Gasteiger partial charge is 0.254 e. The molecule has 4 heterocycles. The van der Waals surface area contributed by atoms with Gasteiger partial charge in [-0.2, -0.15) is 0 Å². The molecule has 0 atom stereocenters. The van der Waals surface area contributed by atoms with Gasteiger partial charge in [0.1, 0.15) is 0 Å². The molecule has 5 heteroatoms. The lowest BCUT2D eigenvalue weighted by molar-refractivity contribution is 1.18. The first-order valence-corrected chi connectivity index (χ1v) is 17.9. The highest BCUT2D eigenvalue weighted by Crippen LogP contribution is 2.32. The molecular weight excluding hydrogens is 659 g/mol. The summed E-state index contributed by atoms with van der Waals surface area (Å²) in [6.45, 7) is 0. The normalized spacial score (nSPS) is 11.0. The van der Waals surface area contributed by atoms with Crippen molar-refractivity contribution in [3.8, 4) is 90.2 Å². The predicted molar refractivity (Wildman–Crippen MR) is 219 cm³/mol. The number of hydrogen-bond acceptors (Lipinski definition) is 5. The van der Waals surface area contributed by atoms with Crippen LogP contribution in [0, 0.1) is 0 Å². The van der Waals surface area contributed by atoms with Crippen LogP contribution in [0.5, 0.6) is 0 Å². The Hall–Kier alpha value is -7.37. The van der Waals surface area contributed by atoms with E-state index in [0.717, 1.165) is 84.4 Å². The van der Waals surface area contributed by atoms with Crippen LogP contribution in [0.2, 0.25) is 0 Å². The third kappa shape index (κ3) is 6.94. The monoisotopic (exact) mass is 691 g/mol. The van der Waals surface area contributed by atoms with E-state index in [0.29, 0.717) is 5.82 Å². The van der Waals surface area contributed by atoms with Crippen LogP contribution in [0.4, 0.5) is 0 Å². The summed E-state index contributed by atoms with van der Waals surface area (Å²) in [7, 11) is 0. The van der Waals surface area contributed by atoms with Crippen LogP contribution in [0.1, 0.15) is 0 Å². The van der Waals surface area contributed by atoms with Crippen LogP contribution in [0.15, 0.2) is 200 Å². The van der Waals surface area contributed by atoms with E-state index in [1.807, 2.05) is 103 Å². The maximum atomic E-state index is 5.10. The van der Waals surface area contributed by atoms with Gasteiger partial charge in [-0.05, 0) is 53.1 Å². The molecule has 0 radical (unpaired) electrons. The summed E-state index contributed by atoms with van der Waals surface area (Å²) in [6.07, 6.45) is 1.92. The second kappa shape index (κ2) is 14.7. The predicted octanol–water partition coefficient (Wildman–Crippen LogP) is 12.0. The third-order valence-electron chi connectivity index (χ3n) is 9.38. The van der Waals surface area contributed by atoms with Gasteiger partial charge in [0.2, 0.25) is 0 Å². The molecule has 0 aliphatic rings. The molecule has 0 bridgehead atoms. The third-order valence-corrected chi connectivity index (χ3v) is 9.38. The second-order valence-electron chi connectivity index (χ2n) is 13.0. The van der Waals surface area contributed by atoms with Gasteiger partial charge in [0.25, 0.3) is 0 Å². The van der Waals surface area contributed by atoms with Gasteiger partial charge >= 0.3 is 0 Å². The topological polar surface area (TPSA) is 64.5 Å². The number of hydrogen-bond donors (Lipinski definition) is 0. The van der Waals surface area contributed by atoms with E-state index in [4.69, 9.17) is 24.9 Å². The first-order valence-electron chi connectivity index (χ1n) is 17.9. The molecule has 5 nitrogen and oxygen atoms in total. The minimum atomic E-state index is 0.698. The SMILES string of the molecule is c1ccc(-c2cc(-c3ccc(-c4ccc(-c5cc(-c6ccccc6)nc(-c6ccccc6)n5)cc4)cn3)nc(-c3cccc(-c4ccccc4)n3)c2)cc1. The Bertz CT molecular complexity index is 2610. The van der Waals surface area contributed by atoms with E-state index >= 15 is 0 Å². The summed E-state index contributed by atoms with van der Waals surface area (Å²) in [5.74, 6) is 0.698. The molecule has 5 aromatic carbocycles. The van der Waals surface area contributed by atoms with Crippen LogP contribution in [0.3, 0.4) is 0 Å². The van der Waals surface area contributed by atoms with Crippen molar-refractivity contribution in [1.29, 1.82) is 0 Å². The van der Waals surface area contributed by atoms with Gasteiger partial charge in [-0.25, -0.2) is 19.9 Å². The van der Waals surface area contributed by atoms with Crippen molar-refractivity contribution >= 4 is 0 Å². The van der Waals surface area contributed by atoms with Crippen molar-refractivity contribution in [3.05, 3.63) is 200 Å². The molecule has 9 rings (SSSR count). The Morgan fingerprint density at radius 3 is 1.26 bits per heavy atom. The molecule has 254 valence electrons. The number of benzene rings is 5. The molecule has 9 aromatic rings. The Morgan fingerprint density at radius 2 is 0.667 bits per heavy atom. The van der Waals surface area contributed by atoms with Crippen LogP contribution in [-0.4, -0.2) is 24.9 Å². The molecule has 0 saturated heterocycles. The van der Waals surface area contributed by atoms with Crippen molar-refractivity contribution in [3.63, 3.8) is 0 Å². The summed E-state index contributed by atoms with van der Waals surface area (Å²) < 4.78 is 0. The standard InChI is InChI=1S/C49H33N5/c1-5-14-34(15-6-1)41-30-47(52-48(31-41)44-23-13-22-42(51-44)36-16-7-2-8-17-36)43-29-28-40(33-50-43)35-24-26-38(27-25-35)46-32-45(37-18-9-3-10-19-37)53-49(54-46)39-20-11-4-12-21-39/h1-33H. The van der Waals surface area contributed by atoms with Gasteiger partial charge in [0, 0.05) is 34.0 Å². The fourth-order valence-corrected chi connectivity index (χ4v) is 6.56. The highest BCUT2D eigenvalue weighted by Gasteiger charge is 2.14. The zero-order valence-corrected chi connectivity index (χ0v) is 29.3. The van der Waals surface area contributed by atoms with E-state index < -0.39 is 0 Å². The summed E-state index contributed by atoms with van der Waals surface area (Å²) in [6, 6.07) is 65.9. The molecule has 0 spiro atoms. The van der Waals surface area contributed by atoms with E-state index in [1.54, 1.807) is 0 Å². The minimum Gasteiger partial charge on any atom is -0.254 e. The molecule has 0 aliphatic heterocycles. The van der Waals surface area contributed by atoms with E-state index in [1.165, 1.54) is 0 Å². The van der Waals surface area contributed by atoms with Gasteiger partial charge in [-0.3, -0.25) is 4.98 Å². The number of pyridine rings is 3. The van der Waals surface area contributed by atoms with Crippen molar-refractivity contribution in [2.45, 2.75) is 0 Å². The lowest BCUT2D eigenvalue weighted by atomic mass is 10.0. The number of aromatic nitrogens is 5. The zero-order valence-electron chi connectivity index (χ0n) is 29.3. The first kappa shape index (κ1) is 32.5. The van der Waals surface area contributed by atoms with Crippen LogP contribution in [0.25, 0.3) is 90.2 Å². The average Bonchev–Trinajstić information content (AvgIpc) is 3.27. The van der Waals surface area contributed by atoms with E-state index in [9.17, 15) is 0 Å². The van der Waals surface area contributed by atoms with E-state index in [-0.39, 0.29) is 0 Å². The molecule has 0 aliphatic carbocycles. The first-order chi connectivity index (χ1) is 26.7. The van der Waals surface area contributed by atoms with Gasteiger partial charge in [-0.1, -0.05) is 158 Å². The molecule has 0 amide bonds. The van der Waals surface area contributed by atoms with Gasteiger partial charge in [0.05, 0.1) is 39.9 Å². The second-order valence-corrected chi connectivity index (χ2v) is 13.0. The molecule has 0 unspecified atom stereocenters. The van der Waals surface area contributed by atoms with Crippen molar-refractivity contribution in [1.82, 2.24) is 24.9 Å². The zero-order chi connectivity index (χ0) is 36.1. The molecular formula is C49H33N5. The molecule has 4 aromatic heterocycles. The van der Waals surface area contributed by atoms with Crippen molar-refractivity contribution in [2.75, 3.05) is 0 Å². The summed E-state index contributed by atoms with van der Waals surface area (Å²) >= 11 is 0. The Balaban J connectivity index is 1.04. The average molecular weight is 692 g/mol. The number of nitrogens with zero attached hydrogens (tertiary/aromatic N) is 5. The molecule has 0 fully saturated rings. The lowest BCUT2D eigenvalue weighted by Crippen LogP contribution is -1.96. The van der Waals surface area contributed by atoms with Crippen LogP contribution < -0.4 is 0 Å².